The van der Waals surface area contributed by atoms with Crippen molar-refractivity contribution < 1.29 is 0 Å². The number of nitrogens with zero attached hydrogens (tertiary/aromatic N) is 1. The molecule has 1 heterocycles. The summed E-state index contributed by atoms with van der Waals surface area (Å²) in [5, 5.41) is 0. The van der Waals surface area contributed by atoms with Gasteiger partial charge in [0.1, 0.15) is 7.28 Å². The molecule has 22 heavy (non-hydrogen) atoms. The van der Waals surface area contributed by atoms with E-state index in [2.05, 4.69) is 18.0 Å². The molecular formula is C20H34BN. The zero-order valence-corrected chi connectivity index (χ0v) is 14.8. The highest BCUT2D eigenvalue weighted by atomic mass is 14.6. The molecule has 0 aromatic carbocycles. The molecule has 2 aliphatic rings. The van der Waals surface area contributed by atoms with E-state index in [9.17, 15) is 0 Å². The van der Waals surface area contributed by atoms with Crippen molar-refractivity contribution in [3.63, 3.8) is 0 Å². The number of pyridine rings is 1. The summed E-state index contributed by atoms with van der Waals surface area (Å²) < 4.78 is 0. The standard InChI is InChI=1S/C12H23B.C8H11N/c1-3-7-11(8-4-1)13-12-9-5-2-6-10-12;1-3-8-5-4-7(2)9-6-8/h11-13H,1-10H2;4-6H,3H2,1-2H3. The molecule has 2 fully saturated rings. The summed E-state index contributed by atoms with van der Waals surface area (Å²) in [6.45, 7) is 4.13. The van der Waals surface area contributed by atoms with Crippen molar-refractivity contribution in [2.24, 2.45) is 0 Å². The molecule has 2 saturated carbocycles. The van der Waals surface area contributed by atoms with Crippen LogP contribution in [-0.2, 0) is 6.42 Å². The SMILES string of the molecule is B(C1CCCCC1)C1CCCCC1.CCc1ccc(C)nc1. The summed E-state index contributed by atoms with van der Waals surface area (Å²) in [6.07, 6.45) is 18.3. The molecule has 1 aromatic heterocycles. The molecule has 0 amide bonds. The Hall–Kier alpha value is -0.785. The normalized spacial score (nSPS) is 20.1. The van der Waals surface area contributed by atoms with Crippen molar-refractivity contribution in [1.82, 2.24) is 4.98 Å². The van der Waals surface area contributed by atoms with Crippen molar-refractivity contribution >= 4 is 7.28 Å². The molecule has 1 nitrogen and oxygen atoms in total. The molecule has 0 atom stereocenters. The summed E-state index contributed by atoms with van der Waals surface area (Å²) >= 11 is 0. The van der Waals surface area contributed by atoms with Gasteiger partial charge in [-0.1, -0.05) is 88.8 Å². The first-order valence-corrected chi connectivity index (χ1v) is 9.69. The summed E-state index contributed by atoms with van der Waals surface area (Å²) in [7, 11) is 1.58. The first kappa shape index (κ1) is 17.6. The van der Waals surface area contributed by atoms with E-state index < -0.39 is 0 Å². The lowest BCUT2D eigenvalue weighted by molar-refractivity contribution is 0.470. The molecule has 2 heteroatoms. The molecule has 1 aromatic rings. The van der Waals surface area contributed by atoms with Crippen LogP contribution >= 0.6 is 0 Å². The lowest BCUT2D eigenvalue weighted by Crippen LogP contribution is -2.16. The Kier molecular flexibility index (Phi) is 8.05. The van der Waals surface area contributed by atoms with E-state index >= 15 is 0 Å². The zero-order valence-electron chi connectivity index (χ0n) is 14.8. The third kappa shape index (κ3) is 6.54. The summed E-state index contributed by atoms with van der Waals surface area (Å²) in [5.41, 5.74) is 2.40. The van der Waals surface area contributed by atoms with E-state index in [1.807, 2.05) is 19.2 Å². The van der Waals surface area contributed by atoms with Gasteiger partial charge in [0.15, 0.2) is 0 Å². The maximum atomic E-state index is 4.15. The molecule has 0 radical (unpaired) electrons. The van der Waals surface area contributed by atoms with Crippen molar-refractivity contribution in [3.8, 4) is 0 Å². The molecule has 3 rings (SSSR count). The molecule has 0 aliphatic heterocycles. The van der Waals surface area contributed by atoms with Gasteiger partial charge in [0.05, 0.1) is 0 Å². The Labute approximate surface area is 138 Å². The first-order chi connectivity index (χ1) is 10.8. The average Bonchev–Trinajstić information content (AvgIpc) is 2.58. The largest absolute Gasteiger partial charge is 0.261 e. The van der Waals surface area contributed by atoms with Crippen LogP contribution < -0.4 is 0 Å². The second-order valence-corrected chi connectivity index (χ2v) is 7.41. The van der Waals surface area contributed by atoms with E-state index in [-0.39, 0.29) is 0 Å². The molecule has 0 bridgehead atoms. The number of hydrogen-bond donors (Lipinski definition) is 0. The number of aryl methyl sites for hydroxylation is 2. The minimum absolute atomic E-state index is 1.08. The van der Waals surface area contributed by atoms with E-state index in [1.165, 1.54) is 44.1 Å². The zero-order chi connectivity index (χ0) is 15.6. The van der Waals surface area contributed by atoms with Gasteiger partial charge in [-0.3, -0.25) is 4.98 Å². The summed E-state index contributed by atoms with van der Waals surface area (Å²) in [4.78, 5) is 4.15. The van der Waals surface area contributed by atoms with Crippen LogP contribution in [0.2, 0.25) is 11.6 Å². The Bertz CT molecular complexity index is 373. The van der Waals surface area contributed by atoms with Crippen LogP contribution in [0.25, 0.3) is 0 Å². The lowest BCUT2D eigenvalue weighted by Gasteiger charge is -2.27. The molecule has 0 N–H and O–H groups in total. The van der Waals surface area contributed by atoms with Crippen LogP contribution in [0.1, 0.15) is 82.4 Å². The molecule has 122 valence electrons. The topological polar surface area (TPSA) is 12.9 Å². The summed E-state index contributed by atoms with van der Waals surface area (Å²) in [6, 6.07) is 4.15. The third-order valence-electron chi connectivity index (χ3n) is 5.50. The minimum Gasteiger partial charge on any atom is -0.261 e. The lowest BCUT2D eigenvalue weighted by atomic mass is 9.48. The Morgan fingerprint density at radius 3 is 1.86 bits per heavy atom. The second kappa shape index (κ2) is 10.1. The quantitative estimate of drug-likeness (QED) is 0.635. The smallest absolute Gasteiger partial charge is 0.127 e. The highest BCUT2D eigenvalue weighted by Gasteiger charge is 2.21. The van der Waals surface area contributed by atoms with Gasteiger partial charge in [-0.05, 0) is 25.0 Å². The summed E-state index contributed by atoms with van der Waals surface area (Å²) in [5.74, 6) is 2.24. The van der Waals surface area contributed by atoms with Crippen molar-refractivity contribution in [1.29, 1.82) is 0 Å². The Morgan fingerprint density at radius 1 is 0.909 bits per heavy atom. The van der Waals surface area contributed by atoms with E-state index in [0.717, 1.165) is 23.7 Å². The van der Waals surface area contributed by atoms with Crippen LogP contribution in [0, 0.1) is 6.92 Å². The van der Waals surface area contributed by atoms with Crippen LogP contribution in [-0.4, -0.2) is 12.3 Å². The second-order valence-electron chi connectivity index (χ2n) is 7.41. The number of hydrogen-bond acceptors (Lipinski definition) is 1. The predicted molar refractivity (Wildman–Crippen MR) is 99.2 cm³/mol. The highest BCUT2D eigenvalue weighted by molar-refractivity contribution is 6.39. The van der Waals surface area contributed by atoms with Gasteiger partial charge in [0.2, 0.25) is 0 Å². The Balaban J connectivity index is 0.000000172. The third-order valence-corrected chi connectivity index (χ3v) is 5.50. The van der Waals surface area contributed by atoms with Gasteiger partial charge in [-0.15, -0.1) is 0 Å². The fourth-order valence-electron chi connectivity index (χ4n) is 4.02. The van der Waals surface area contributed by atoms with Gasteiger partial charge in [0, 0.05) is 11.9 Å². The van der Waals surface area contributed by atoms with Crippen LogP contribution in [0.3, 0.4) is 0 Å². The fraction of sp³-hybridized carbons (Fsp3) is 0.750. The maximum Gasteiger partial charge on any atom is 0.127 e. The van der Waals surface area contributed by atoms with E-state index in [4.69, 9.17) is 0 Å². The van der Waals surface area contributed by atoms with Gasteiger partial charge in [-0.2, -0.15) is 0 Å². The van der Waals surface area contributed by atoms with Gasteiger partial charge in [0.25, 0.3) is 0 Å². The minimum atomic E-state index is 1.08. The van der Waals surface area contributed by atoms with Crippen LogP contribution in [0.4, 0.5) is 0 Å². The number of aromatic nitrogens is 1. The highest BCUT2D eigenvalue weighted by Crippen LogP contribution is 2.36. The van der Waals surface area contributed by atoms with Crippen LogP contribution in [0.15, 0.2) is 18.3 Å². The molecular weight excluding hydrogens is 265 g/mol. The van der Waals surface area contributed by atoms with Crippen LogP contribution in [0.5, 0.6) is 0 Å². The van der Waals surface area contributed by atoms with Gasteiger partial charge >= 0.3 is 0 Å². The van der Waals surface area contributed by atoms with Crippen molar-refractivity contribution in [2.45, 2.75) is 96.1 Å². The predicted octanol–water partition coefficient (Wildman–Crippen LogP) is 5.88. The molecule has 0 unspecified atom stereocenters. The van der Waals surface area contributed by atoms with Crippen molar-refractivity contribution in [3.05, 3.63) is 29.6 Å². The molecule has 2 aliphatic carbocycles. The molecule has 0 saturated heterocycles. The van der Waals surface area contributed by atoms with E-state index in [1.54, 1.807) is 33.0 Å². The van der Waals surface area contributed by atoms with Gasteiger partial charge < -0.3 is 0 Å². The van der Waals surface area contributed by atoms with Crippen molar-refractivity contribution in [2.75, 3.05) is 0 Å². The van der Waals surface area contributed by atoms with E-state index in [0.29, 0.717) is 0 Å². The molecule has 0 spiro atoms. The Morgan fingerprint density at radius 2 is 1.45 bits per heavy atom. The monoisotopic (exact) mass is 299 g/mol. The first-order valence-electron chi connectivity index (χ1n) is 9.69. The average molecular weight is 299 g/mol. The van der Waals surface area contributed by atoms with Gasteiger partial charge in [-0.25, -0.2) is 0 Å². The maximum absolute atomic E-state index is 4.15. The fourth-order valence-corrected chi connectivity index (χ4v) is 4.02. The number of rotatable bonds is 3.